The standard InChI is InChI=1S/C11H11N3O3/c1-7-6-8(13-12-7)11-9(14(15)16)4-3-5-10(11)17-2/h3-6H,1-2H3,(H,12,13). The maximum absolute atomic E-state index is 11.0. The first-order chi connectivity index (χ1) is 8.13. The lowest BCUT2D eigenvalue weighted by molar-refractivity contribution is -0.384. The summed E-state index contributed by atoms with van der Waals surface area (Å²) in [6.07, 6.45) is 0. The second kappa shape index (κ2) is 4.25. The van der Waals surface area contributed by atoms with Gasteiger partial charge in [-0.15, -0.1) is 0 Å². The number of aromatic nitrogens is 2. The van der Waals surface area contributed by atoms with Gasteiger partial charge in [-0.1, -0.05) is 6.07 Å². The highest BCUT2D eigenvalue weighted by atomic mass is 16.6. The third kappa shape index (κ3) is 1.96. The maximum Gasteiger partial charge on any atom is 0.282 e. The average molecular weight is 233 g/mol. The number of nitrogens with zero attached hydrogens (tertiary/aromatic N) is 2. The van der Waals surface area contributed by atoms with Crippen molar-refractivity contribution in [1.29, 1.82) is 0 Å². The molecule has 0 aliphatic rings. The second-order valence-electron chi connectivity index (χ2n) is 3.53. The van der Waals surface area contributed by atoms with Crippen molar-refractivity contribution in [1.82, 2.24) is 10.2 Å². The highest BCUT2D eigenvalue weighted by Crippen LogP contribution is 2.36. The fraction of sp³-hybridized carbons (Fsp3) is 0.182. The number of aryl methyl sites for hydroxylation is 1. The predicted molar refractivity (Wildman–Crippen MR) is 62.0 cm³/mol. The molecule has 6 nitrogen and oxygen atoms in total. The van der Waals surface area contributed by atoms with Gasteiger partial charge < -0.3 is 4.74 Å². The number of H-pyrrole nitrogens is 1. The number of ether oxygens (including phenoxy) is 1. The summed E-state index contributed by atoms with van der Waals surface area (Å²) in [6, 6.07) is 6.45. The van der Waals surface area contributed by atoms with Crippen molar-refractivity contribution in [2.45, 2.75) is 6.92 Å². The number of hydrogen-bond donors (Lipinski definition) is 1. The first-order valence-corrected chi connectivity index (χ1v) is 4.97. The zero-order valence-corrected chi connectivity index (χ0v) is 9.43. The number of nitro benzene ring substituents is 1. The summed E-state index contributed by atoms with van der Waals surface area (Å²) in [5.41, 5.74) is 1.75. The summed E-state index contributed by atoms with van der Waals surface area (Å²) in [4.78, 5) is 10.5. The zero-order chi connectivity index (χ0) is 12.4. The van der Waals surface area contributed by atoms with Crippen LogP contribution in [0.4, 0.5) is 5.69 Å². The molecule has 1 aromatic carbocycles. The molecule has 1 N–H and O–H groups in total. The predicted octanol–water partition coefficient (Wildman–Crippen LogP) is 2.30. The Labute approximate surface area is 97.4 Å². The molecule has 0 aliphatic heterocycles. The van der Waals surface area contributed by atoms with Gasteiger partial charge in [-0.05, 0) is 19.1 Å². The minimum Gasteiger partial charge on any atom is -0.496 e. The van der Waals surface area contributed by atoms with E-state index in [4.69, 9.17) is 4.74 Å². The Kier molecular flexibility index (Phi) is 2.78. The molecule has 0 fully saturated rings. The average Bonchev–Trinajstić information content (AvgIpc) is 2.74. The molecule has 1 aromatic heterocycles. The molecule has 88 valence electrons. The minimum atomic E-state index is -0.436. The third-order valence-electron chi connectivity index (χ3n) is 2.40. The van der Waals surface area contributed by atoms with Crippen LogP contribution in [0.2, 0.25) is 0 Å². The molecule has 6 heteroatoms. The summed E-state index contributed by atoms with van der Waals surface area (Å²) in [6.45, 7) is 1.81. The Morgan fingerprint density at radius 1 is 1.47 bits per heavy atom. The van der Waals surface area contributed by atoms with Crippen LogP contribution in [-0.4, -0.2) is 22.2 Å². The van der Waals surface area contributed by atoms with Crippen molar-refractivity contribution in [2.24, 2.45) is 0 Å². The fourth-order valence-corrected chi connectivity index (χ4v) is 1.66. The summed E-state index contributed by atoms with van der Waals surface area (Å²) in [7, 11) is 1.48. The van der Waals surface area contributed by atoms with Crippen LogP contribution in [0.15, 0.2) is 24.3 Å². The quantitative estimate of drug-likeness (QED) is 0.651. The van der Waals surface area contributed by atoms with E-state index in [0.717, 1.165) is 5.69 Å². The van der Waals surface area contributed by atoms with Crippen molar-refractivity contribution < 1.29 is 9.66 Å². The van der Waals surface area contributed by atoms with Gasteiger partial charge in [0.15, 0.2) is 0 Å². The van der Waals surface area contributed by atoms with Gasteiger partial charge in [0.25, 0.3) is 5.69 Å². The molecule has 1 heterocycles. The van der Waals surface area contributed by atoms with Crippen LogP contribution in [0.1, 0.15) is 5.69 Å². The van der Waals surface area contributed by atoms with Crippen LogP contribution < -0.4 is 4.74 Å². The van der Waals surface area contributed by atoms with Gasteiger partial charge in [0.05, 0.1) is 23.4 Å². The first-order valence-electron chi connectivity index (χ1n) is 4.97. The van der Waals surface area contributed by atoms with Crippen molar-refractivity contribution in [3.63, 3.8) is 0 Å². The highest BCUT2D eigenvalue weighted by molar-refractivity contribution is 5.77. The Morgan fingerprint density at radius 3 is 2.76 bits per heavy atom. The maximum atomic E-state index is 11.0. The van der Waals surface area contributed by atoms with Crippen LogP contribution in [0, 0.1) is 17.0 Å². The van der Waals surface area contributed by atoms with Crippen molar-refractivity contribution in [2.75, 3.05) is 7.11 Å². The Bertz CT molecular complexity index is 563. The number of nitrogens with one attached hydrogen (secondary N) is 1. The van der Waals surface area contributed by atoms with Crippen molar-refractivity contribution in [3.05, 3.63) is 40.1 Å². The SMILES string of the molecule is COc1cccc([N+](=O)[O-])c1-c1cc(C)n[nH]1. The Hall–Kier alpha value is -2.37. The van der Waals surface area contributed by atoms with E-state index < -0.39 is 4.92 Å². The van der Waals surface area contributed by atoms with E-state index in [2.05, 4.69) is 10.2 Å². The topological polar surface area (TPSA) is 81.1 Å². The molecule has 0 spiro atoms. The van der Waals surface area contributed by atoms with Crippen LogP contribution >= 0.6 is 0 Å². The van der Waals surface area contributed by atoms with Gasteiger partial charge in [0, 0.05) is 6.07 Å². The molecule has 0 saturated heterocycles. The summed E-state index contributed by atoms with van der Waals surface area (Å²) < 4.78 is 5.15. The van der Waals surface area contributed by atoms with E-state index in [-0.39, 0.29) is 5.69 Å². The smallest absolute Gasteiger partial charge is 0.282 e. The van der Waals surface area contributed by atoms with Gasteiger partial charge in [-0.3, -0.25) is 15.2 Å². The minimum absolute atomic E-state index is 0.00648. The first kappa shape index (κ1) is 11.1. The lowest BCUT2D eigenvalue weighted by Crippen LogP contribution is -1.95. The molecule has 17 heavy (non-hydrogen) atoms. The largest absolute Gasteiger partial charge is 0.496 e. The van der Waals surface area contributed by atoms with Gasteiger partial charge in [-0.25, -0.2) is 0 Å². The molecule has 0 aliphatic carbocycles. The van der Waals surface area contributed by atoms with Gasteiger partial charge in [0.1, 0.15) is 11.3 Å². The van der Waals surface area contributed by atoms with Gasteiger partial charge >= 0.3 is 0 Å². The lowest BCUT2D eigenvalue weighted by atomic mass is 10.1. The van der Waals surface area contributed by atoms with Gasteiger partial charge in [0.2, 0.25) is 0 Å². The Balaban J connectivity index is 2.68. The molecular formula is C11H11N3O3. The number of methoxy groups -OCH3 is 1. The monoisotopic (exact) mass is 233 g/mol. The van der Waals surface area contributed by atoms with E-state index in [1.165, 1.54) is 13.2 Å². The summed E-state index contributed by atoms with van der Waals surface area (Å²) >= 11 is 0. The van der Waals surface area contributed by atoms with E-state index in [1.807, 2.05) is 0 Å². The third-order valence-corrected chi connectivity index (χ3v) is 2.40. The number of nitro groups is 1. The lowest BCUT2D eigenvalue weighted by Gasteiger charge is -2.06. The summed E-state index contributed by atoms with van der Waals surface area (Å²) in [5.74, 6) is 0.447. The Morgan fingerprint density at radius 2 is 2.24 bits per heavy atom. The molecule has 0 radical (unpaired) electrons. The summed E-state index contributed by atoms with van der Waals surface area (Å²) in [5, 5.41) is 17.7. The molecule has 0 saturated carbocycles. The fourth-order valence-electron chi connectivity index (χ4n) is 1.66. The van der Waals surface area contributed by atoms with Crippen LogP contribution in [0.25, 0.3) is 11.3 Å². The number of rotatable bonds is 3. The molecule has 2 rings (SSSR count). The van der Waals surface area contributed by atoms with E-state index in [1.54, 1.807) is 25.1 Å². The van der Waals surface area contributed by atoms with Crippen molar-refractivity contribution in [3.8, 4) is 17.0 Å². The number of hydrogen-bond acceptors (Lipinski definition) is 4. The van der Waals surface area contributed by atoms with Crippen LogP contribution in [0.3, 0.4) is 0 Å². The van der Waals surface area contributed by atoms with Crippen molar-refractivity contribution >= 4 is 5.69 Å². The molecular weight excluding hydrogens is 222 g/mol. The van der Waals surface area contributed by atoms with Crippen LogP contribution in [0.5, 0.6) is 5.75 Å². The number of benzene rings is 1. The molecule has 0 unspecified atom stereocenters. The molecule has 0 atom stereocenters. The van der Waals surface area contributed by atoms with Crippen LogP contribution in [-0.2, 0) is 0 Å². The highest BCUT2D eigenvalue weighted by Gasteiger charge is 2.21. The van der Waals surface area contributed by atoms with E-state index in [0.29, 0.717) is 17.0 Å². The van der Waals surface area contributed by atoms with Gasteiger partial charge in [-0.2, -0.15) is 5.10 Å². The number of aromatic amines is 1. The second-order valence-corrected chi connectivity index (χ2v) is 3.53. The molecule has 0 bridgehead atoms. The zero-order valence-electron chi connectivity index (χ0n) is 9.43. The van der Waals surface area contributed by atoms with E-state index >= 15 is 0 Å². The molecule has 2 aromatic rings. The normalized spacial score (nSPS) is 10.2. The molecule has 0 amide bonds. The van der Waals surface area contributed by atoms with E-state index in [9.17, 15) is 10.1 Å².